The Hall–Kier alpha value is -4.22. The molecule has 1 aliphatic heterocycles. The highest BCUT2D eigenvalue weighted by molar-refractivity contribution is 5.82. The zero-order chi connectivity index (χ0) is 34.3. The third kappa shape index (κ3) is 10.4. The molecule has 5 rings (SSSR count). The van der Waals surface area contributed by atoms with Crippen LogP contribution in [0.2, 0.25) is 0 Å². The second-order valence-electron chi connectivity index (χ2n) is 11.7. The van der Waals surface area contributed by atoms with Crippen molar-refractivity contribution in [2.24, 2.45) is 0 Å². The second-order valence-corrected chi connectivity index (χ2v) is 11.7. The molecule has 8 nitrogen and oxygen atoms in total. The molecule has 1 saturated heterocycles. The van der Waals surface area contributed by atoms with Crippen molar-refractivity contribution in [1.29, 1.82) is 0 Å². The molecule has 49 heavy (non-hydrogen) atoms. The molecule has 0 aromatic heterocycles. The van der Waals surface area contributed by atoms with Crippen LogP contribution in [0.15, 0.2) is 133 Å². The molecule has 1 N–H and O–H groups in total. The summed E-state index contributed by atoms with van der Waals surface area (Å²) in [5.41, 5.74) is 3.48. The van der Waals surface area contributed by atoms with E-state index in [1.165, 1.54) is 0 Å². The number of benzene rings is 4. The van der Waals surface area contributed by atoms with E-state index in [0.717, 1.165) is 34.4 Å². The Bertz CT molecular complexity index is 1560. The number of carbonyl (C=O) groups is 1. The molecular formula is C40H43FO8. The van der Waals surface area contributed by atoms with Gasteiger partial charge in [-0.2, -0.15) is 0 Å². The highest BCUT2D eigenvalue weighted by Crippen LogP contribution is 2.39. The first-order valence-electron chi connectivity index (χ1n) is 16.4. The summed E-state index contributed by atoms with van der Waals surface area (Å²) >= 11 is 0. The number of aliphatic hydroxyl groups is 1. The first-order valence-corrected chi connectivity index (χ1v) is 16.4. The van der Waals surface area contributed by atoms with E-state index < -0.39 is 42.3 Å². The zero-order valence-corrected chi connectivity index (χ0v) is 27.5. The fraction of sp³-hybridized carbons (Fsp3) is 0.325. The maximum Gasteiger partial charge on any atom is 0.330 e. The lowest BCUT2D eigenvalue weighted by molar-refractivity contribution is -0.382. The number of hydrogen-bond donors (Lipinski definition) is 1. The number of carbonyl (C=O) groups excluding carboxylic acids is 1. The molecule has 4 aromatic rings. The van der Waals surface area contributed by atoms with Gasteiger partial charge in [-0.1, -0.05) is 121 Å². The summed E-state index contributed by atoms with van der Waals surface area (Å²) in [6, 6.07) is 38.0. The minimum absolute atomic E-state index is 0.0112. The normalized spacial score (nSPS) is 22.9. The molecule has 1 fully saturated rings. The summed E-state index contributed by atoms with van der Waals surface area (Å²) in [6.45, 7) is 2.25. The van der Waals surface area contributed by atoms with Crippen LogP contribution in [0.3, 0.4) is 0 Å². The monoisotopic (exact) mass is 670 g/mol. The van der Waals surface area contributed by atoms with Crippen molar-refractivity contribution in [2.45, 2.75) is 69.7 Å². The maximum absolute atomic E-state index is 16.4. The Morgan fingerprint density at radius 2 is 1.18 bits per heavy atom. The fourth-order valence-electron chi connectivity index (χ4n) is 5.60. The molecule has 1 aliphatic rings. The Labute approximate surface area is 287 Å². The van der Waals surface area contributed by atoms with Gasteiger partial charge in [0.15, 0.2) is 6.17 Å². The Morgan fingerprint density at radius 1 is 0.735 bits per heavy atom. The first-order chi connectivity index (χ1) is 24.0. The second kappa shape index (κ2) is 18.5. The molecule has 1 unspecified atom stereocenters. The van der Waals surface area contributed by atoms with E-state index in [2.05, 4.69) is 0 Å². The van der Waals surface area contributed by atoms with E-state index in [4.69, 9.17) is 28.4 Å². The molecule has 0 bridgehead atoms. The van der Waals surface area contributed by atoms with Crippen LogP contribution in [0.25, 0.3) is 0 Å². The van der Waals surface area contributed by atoms with Gasteiger partial charge < -0.3 is 33.5 Å². The van der Waals surface area contributed by atoms with E-state index in [1.54, 1.807) is 6.92 Å². The average Bonchev–Trinajstić information content (AvgIpc) is 3.14. The number of ether oxygens (including phenoxy) is 6. The van der Waals surface area contributed by atoms with Crippen LogP contribution < -0.4 is 0 Å². The lowest BCUT2D eigenvalue weighted by atomic mass is 9.88. The van der Waals surface area contributed by atoms with Gasteiger partial charge >= 0.3 is 5.97 Å². The maximum atomic E-state index is 16.4. The predicted octanol–water partition coefficient (Wildman–Crippen LogP) is 6.50. The van der Waals surface area contributed by atoms with Crippen molar-refractivity contribution in [3.05, 3.63) is 156 Å². The molecule has 0 saturated carbocycles. The topological polar surface area (TPSA) is 92.7 Å². The lowest BCUT2D eigenvalue weighted by Gasteiger charge is -2.50. The highest BCUT2D eigenvalue weighted by Gasteiger charge is 2.59. The Morgan fingerprint density at radius 3 is 1.67 bits per heavy atom. The van der Waals surface area contributed by atoms with Crippen LogP contribution in [-0.4, -0.2) is 60.7 Å². The number of esters is 1. The van der Waals surface area contributed by atoms with Gasteiger partial charge in [0.25, 0.3) is 0 Å². The SMILES string of the molecule is CCOC(=O)C=CC(F)[C@]1(O)O[C@H](COCc2ccccc2)[C@H](OCc2ccccc2)[C@H](OCc2ccccc2)[C@H]1OCc1ccccc1. The van der Waals surface area contributed by atoms with Crippen LogP contribution >= 0.6 is 0 Å². The molecule has 6 atom stereocenters. The van der Waals surface area contributed by atoms with Crippen molar-refractivity contribution in [2.75, 3.05) is 13.2 Å². The van der Waals surface area contributed by atoms with Crippen molar-refractivity contribution in [3.63, 3.8) is 0 Å². The molecule has 0 aliphatic carbocycles. The smallest absolute Gasteiger partial charge is 0.330 e. The van der Waals surface area contributed by atoms with Gasteiger partial charge in [0.2, 0.25) is 5.79 Å². The van der Waals surface area contributed by atoms with Crippen LogP contribution in [-0.2, 0) is 59.6 Å². The summed E-state index contributed by atoms with van der Waals surface area (Å²) in [6.07, 6.45) is -4.73. The summed E-state index contributed by atoms with van der Waals surface area (Å²) < 4.78 is 53.2. The molecule has 258 valence electrons. The first kappa shape index (κ1) is 36.1. The van der Waals surface area contributed by atoms with E-state index in [0.29, 0.717) is 0 Å². The van der Waals surface area contributed by atoms with Gasteiger partial charge in [-0.05, 0) is 35.3 Å². The van der Waals surface area contributed by atoms with E-state index >= 15 is 4.39 Å². The van der Waals surface area contributed by atoms with Crippen molar-refractivity contribution in [3.8, 4) is 0 Å². The lowest BCUT2D eigenvalue weighted by Crippen LogP contribution is -2.70. The molecule has 0 spiro atoms. The summed E-state index contributed by atoms with van der Waals surface area (Å²) in [5.74, 6) is -3.37. The van der Waals surface area contributed by atoms with E-state index in [-0.39, 0.29) is 39.6 Å². The number of rotatable bonds is 17. The third-order valence-electron chi connectivity index (χ3n) is 8.06. The van der Waals surface area contributed by atoms with E-state index in [9.17, 15) is 9.90 Å². The average molecular weight is 671 g/mol. The Kier molecular flexibility index (Phi) is 13.6. The third-order valence-corrected chi connectivity index (χ3v) is 8.06. The van der Waals surface area contributed by atoms with Crippen LogP contribution in [0, 0.1) is 0 Å². The fourth-order valence-corrected chi connectivity index (χ4v) is 5.60. The zero-order valence-electron chi connectivity index (χ0n) is 27.5. The number of hydrogen-bond acceptors (Lipinski definition) is 8. The Balaban J connectivity index is 1.51. The van der Waals surface area contributed by atoms with E-state index in [1.807, 2.05) is 121 Å². The van der Waals surface area contributed by atoms with Crippen molar-refractivity contribution >= 4 is 5.97 Å². The van der Waals surface area contributed by atoms with Crippen LogP contribution in [0.5, 0.6) is 0 Å². The molecule has 0 amide bonds. The largest absolute Gasteiger partial charge is 0.463 e. The quantitative estimate of drug-likeness (QED) is 0.101. The molecule has 9 heteroatoms. The van der Waals surface area contributed by atoms with Crippen molar-refractivity contribution in [1.82, 2.24) is 0 Å². The number of halogens is 1. The van der Waals surface area contributed by atoms with Crippen LogP contribution in [0.1, 0.15) is 29.2 Å². The van der Waals surface area contributed by atoms with Gasteiger partial charge in [-0.15, -0.1) is 0 Å². The van der Waals surface area contributed by atoms with Gasteiger partial charge in [0, 0.05) is 6.08 Å². The van der Waals surface area contributed by atoms with Gasteiger partial charge in [-0.25, -0.2) is 9.18 Å². The summed E-state index contributed by atoms with van der Waals surface area (Å²) in [4.78, 5) is 12.2. The minimum atomic E-state index is -2.62. The predicted molar refractivity (Wildman–Crippen MR) is 182 cm³/mol. The van der Waals surface area contributed by atoms with Crippen molar-refractivity contribution < 1.29 is 42.7 Å². The molecule has 1 heterocycles. The number of alkyl halides is 1. The highest BCUT2D eigenvalue weighted by atomic mass is 19.1. The van der Waals surface area contributed by atoms with Gasteiger partial charge in [0.1, 0.15) is 24.4 Å². The molecule has 0 radical (unpaired) electrons. The van der Waals surface area contributed by atoms with Crippen LogP contribution in [0.4, 0.5) is 4.39 Å². The van der Waals surface area contributed by atoms with Gasteiger partial charge in [-0.3, -0.25) is 0 Å². The minimum Gasteiger partial charge on any atom is -0.463 e. The summed E-state index contributed by atoms with van der Waals surface area (Å²) in [7, 11) is 0. The molecular weight excluding hydrogens is 627 g/mol. The summed E-state index contributed by atoms with van der Waals surface area (Å²) in [5, 5.41) is 12.3. The molecule has 4 aromatic carbocycles. The standard InChI is InChI=1S/C40H43FO8/c1-2-45-36(42)24-23-35(41)40(43)39(48-28-33-21-13-6-14-22-33)38(47-27-32-19-11-5-12-20-32)37(46-26-31-17-9-4-10-18-31)34(49-40)29-44-25-30-15-7-3-8-16-30/h3-24,34-35,37-39,43H,2,25-29H2,1H3/t34-,35?,37+,38+,39-,40+/m1/s1. The van der Waals surface area contributed by atoms with Gasteiger partial charge in [0.05, 0.1) is 39.6 Å².